The summed E-state index contributed by atoms with van der Waals surface area (Å²) in [6.45, 7) is 1.19. The Bertz CT molecular complexity index is 867. The largest absolute Gasteiger partial charge is 0.348 e. The Morgan fingerprint density at radius 3 is 2.42 bits per heavy atom. The minimum atomic E-state index is -3.42. The molecule has 2 heterocycles. The van der Waals surface area contributed by atoms with Crippen LogP contribution in [0.5, 0.6) is 0 Å². The lowest BCUT2D eigenvalue weighted by Gasteiger charge is -2.25. The van der Waals surface area contributed by atoms with Crippen molar-refractivity contribution in [2.45, 2.75) is 30.6 Å². The third kappa shape index (κ3) is 4.13. The van der Waals surface area contributed by atoms with Gasteiger partial charge in [0.2, 0.25) is 15.9 Å². The Morgan fingerprint density at radius 1 is 1.15 bits per heavy atom. The first-order chi connectivity index (χ1) is 12.4. The van der Waals surface area contributed by atoms with Crippen LogP contribution in [0.3, 0.4) is 0 Å². The molecular weight excluding hydrogens is 370 g/mol. The predicted molar refractivity (Wildman–Crippen MR) is 103 cm³/mol. The minimum Gasteiger partial charge on any atom is -0.348 e. The first kappa shape index (κ1) is 19.0. The SMILES string of the molecule is CN(C)C(=O)Cc1nc(-c2ccc(S(=O)(=O)N3CCCCC3)cc2)cs1. The van der Waals surface area contributed by atoms with Gasteiger partial charge in [0.05, 0.1) is 17.0 Å². The van der Waals surface area contributed by atoms with E-state index >= 15 is 0 Å². The number of hydrogen-bond donors (Lipinski definition) is 0. The number of thiazole rings is 1. The van der Waals surface area contributed by atoms with Gasteiger partial charge < -0.3 is 4.90 Å². The molecule has 1 aliphatic rings. The lowest BCUT2D eigenvalue weighted by atomic mass is 10.2. The average Bonchev–Trinajstić information content (AvgIpc) is 3.11. The fraction of sp³-hybridized carbons (Fsp3) is 0.444. The van der Waals surface area contributed by atoms with Gasteiger partial charge in [-0.2, -0.15) is 4.31 Å². The van der Waals surface area contributed by atoms with E-state index in [0.717, 1.165) is 35.5 Å². The van der Waals surface area contributed by atoms with E-state index in [4.69, 9.17) is 0 Å². The quantitative estimate of drug-likeness (QED) is 0.783. The van der Waals surface area contributed by atoms with Crippen molar-refractivity contribution in [3.05, 3.63) is 34.7 Å². The van der Waals surface area contributed by atoms with Gasteiger partial charge in [0, 0.05) is 38.1 Å². The van der Waals surface area contributed by atoms with Crippen LogP contribution < -0.4 is 0 Å². The summed E-state index contributed by atoms with van der Waals surface area (Å²) in [5.41, 5.74) is 1.61. The number of likely N-dealkylation sites (N-methyl/N-ethyl adjacent to an activating group) is 1. The lowest BCUT2D eigenvalue weighted by Crippen LogP contribution is -2.35. The van der Waals surface area contributed by atoms with Crippen molar-refractivity contribution >= 4 is 27.3 Å². The van der Waals surface area contributed by atoms with Gasteiger partial charge in [-0.15, -0.1) is 11.3 Å². The molecule has 26 heavy (non-hydrogen) atoms. The summed E-state index contributed by atoms with van der Waals surface area (Å²) in [6.07, 6.45) is 3.21. The first-order valence-electron chi connectivity index (χ1n) is 8.63. The second-order valence-corrected chi connectivity index (χ2v) is 9.46. The molecule has 3 rings (SSSR count). The Kier molecular flexibility index (Phi) is 5.74. The number of nitrogens with zero attached hydrogens (tertiary/aromatic N) is 3. The van der Waals surface area contributed by atoms with Crippen LogP contribution in [-0.2, 0) is 21.2 Å². The maximum absolute atomic E-state index is 12.7. The highest BCUT2D eigenvalue weighted by Crippen LogP contribution is 2.26. The van der Waals surface area contributed by atoms with Gasteiger partial charge in [0.25, 0.3) is 0 Å². The number of hydrogen-bond acceptors (Lipinski definition) is 5. The molecule has 1 aromatic heterocycles. The van der Waals surface area contributed by atoms with E-state index in [9.17, 15) is 13.2 Å². The zero-order valence-corrected chi connectivity index (χ0v) is 16.6. The molecular formula is C18H23N3O3S2. The summed E-state index contributed by atoms with van der Waals surface area (Å²) >= 11 is 1.44. The predicted octanol–water partition coefficient (Wildman–Crippen LogP) is 2.62. The Labute approximate surface area is 158 Å². The Morgan fingerprint density at radius 2 is 1.81 bits per heavy atom. The van der Waals surface area contributed by atoms with Gasteiger partial charge in [-0.3, -0.25) is 4.79 Å². The van der Waals surface area contributed by atoms with Gasteiger partial charge in [0.15, 0.2) is 0 Å². The number of amides is 1. The maximum atomic E-state index is 12.7. The lowest BCUT2D eigenvalue weighted by molar-refractivity contribution is -0.127. The highest BCUT2D eigenvalue weighted by Gasteiger charge is 2.25. The molecule has 0 N–H and O–H groups in total. The van der Waals surface area contributed by atoms with Crippen LogP contribution in [0.2, 0.25) is 0 Å². The van der Waals surface area contributed by atoms with Crippen LogP contribution in [-0.4, -0.2) is 55.7 Å². The van der Waals surface area contributed by atoms with Crippen LogP contribution in [0.1, 0.15) is 24.3 Å². The smallest absolute Gasteiger partial charge is 0.243 e. The zero-order valence-electron chi connectivity index (χ0n) is 15.0. The summed E-state index contributed by atoms with van der Waals surface area (Å²) < 4.78 is 27.0. The van der Waals surface area contributed by atoms with Crippen molar-refractivity contribution in [1.82, 2.24) is 14.2 Å². The van der Waals surface area contributed by atoms with E-state index in [2.05, 4.69) is 4.98 Å². The van der Waals surface area contributed by atoms with E-state index in [-0.39, 0.29) is 12.3 Å². The number of rotatable bonds is 5. The molecule has 0 unspecified atom stereocenters. The zero-order chi connectivity index (χ0) is 18.7. The number of carbonyl (C=O) groups is 1. The summed E-state index contributed by atoms with van der Waals surface area (Å²) in [5.74, 6) is 0.00822. The summed E-state index contributed by atoms with van der Waals surface area (Å²) in [4.78, 5) is 18.1. The van der Waals surface area contributed by atoms with Crippen molar-refractivity contribution in [2.75, 3.05) is 27.2 Å². The topological polar surface area (TPSA) is 70.6 Å². The third-order valence-corrected chi connectivity index (χ3v) is 7.22. The molecule has 0 radical (unpaired) electrons. The highest BCUT2D eigenvalue weighted by molar-refractivity contribution is 7.89. The van der Waals surface area contributed by atoms with Gasteiger partial charge in [-0.25, -0.2) is 13.4 Å². The molecule has 6 nitrogen and oxygen atoms in total. The number of aromatic nitrogens is 1. The Hall–Kier alpha value is -1.77. The third-order valence-electron chi connectivity index (χ3n) is 4.46. The van der Waals surface area contributed by atoms with Gasteiger partial charge >= 0.3 is 0 Å². The van der Waals surface area contributed by atoms with Crippen molar-refractivity contribution in [3.8, 4) is 11.3 Å². The summed E-state index contributed by atoms with van der Waals surface area (Å²) in [7, 11) is 0.0253. The second kappa shape index (κ2) is 7.85. The summed E-state index contributed by atoms with van der Waals surface area (Å²) in [5, 5.41) is 2.65. The number of benzene rings is 1. The monoisotopic (exact) mass is 393 g/mol. The molecule has 1 fully saturated rings. The fourth-order valence-electron chi connectivity index (χ4n) is 2.86. The molecule has 0 aliphatic carbocycles. The molecule has 1 aromatic carbocycles. The van der Waals surface area contributed by atoms with Gasteiger partial charge in [0.1, 0.15) is 5.01 Å². The number of piperidine rings is 1. The molecule has 1 aliphatic heterocycles. The standard InChI is InChI=1S/C18H23N3O3S2/c1-20(2)18(22)12-17-19-16(13-25-17)14-6-8-15(9-7-14)26(23,24)21-10-4-3-5-11-21/h6-9,13H,3-5,10-12H2,1-2H3. The maximum Gasteiger partial charge on any atom is 0.243 e. The van der Waals surface area contributed by atoms with E-state index < -0.39 is 10.0 Å². The second-order valence-electron chi connectivity index (χ2n) is 6.58. The number of sulfonamides is 1. The molecule has 0 saturated carbocycles. The van der Waals surface area contributed by atoms with Gasteiger partial charge in [-0.1, -0.05) is 18.6 Å². The van der Waals surface area contributed by atoms with Crippen molar-refractivity contribution in [1.29, 1.82) is 0 Å². The molecule has 0 bridgehead atoms. The van der Waals surface area contributed by atoms with E-state index in [0.29, 0.717) is 18.0 Å². The van der Waals surface area contributed by atoms with Crippen LogP contribution in [0.15, 0.2) is 34.5 Å². The summed E-state index contributed by atoms with van der Waals surface area (Å²) in [6, 6.07) is 6.85. The highest BCUT2D eigenvalue weighted by atomic mass is 32.2. The van der Waals surface area contributed by atoms with E-state index in [1.807, 2.05) is 5.38 Å². The molecule has 8 heteroatoms. The van der Waals surface area contributed by atoms with E-state index in [1.165, 1.54) is 11.3 Å². The number of carbonyl (C=O) groups excluding carboxylic acids is 1. The molecule has 0 atom stereocenters. The van der Waals surface area contributed by atoms with Crippen LogP contribution in [0.4, 0.5) is 0 Å². The molecule has 1 saturated heterocycles. The molecule has 0 spiro atoms. The van der Waals surface area contributed by atoms with Crippen LogP contribution >= 0.6 is 11.3 Å². The molecule has 1 amide bonds. The van der Waals surface area contributed by atoms with Crippen LogP contribution in [0, 0.1) is 0 Å². The van der Waals surface area contributed by atoms with E-state index in [1.54, 1.807) is 47.6 Å². The van der Waals surface area contributed by atoms with Gasteiger partial charge in [-0.05, 0) is 25.0 Å². The normalized spacial score (nSPS) is 15.8. The average molecular weight is 394 g/mol. The molecule has 2 aromatic rings. The molecule has 140 valence electrons. The minimum absolute atomic E-state index is 0.00822. The van der Waals surface area contributed by atoms with Crippen molar-refractivity contribution in [3.63, 3.8) is 0 Å². The van der Waals surface area contributed by atoms with Crippen molar-refractivity contribution < 1.29 is 13.2 Å². The first-order valence-corrected chi connectivity index (χ1v) is 10.9. The van der Waals surface area contributed by atoms with Crippen molar-refractivity contribution in [2.24, 2.45) is 0 Å². The van der Waals surface area contributed by atoms with Crippen LogP contribution in [0.25, 0.3) is 11.3 Å². The fourth-order valence-corrected chi connectivity index (χ4v) is 5.18. The Balaban J connectivity index is 1.75.